The molecule has 0 radical (unpaired) electrons. The van der Waals surface area contributed by atoms with Crippen molar-refractivity contribution in [3.8, 4) is 0 Å². The minimum absolute atomic E-state index is 0.392. The summed E-state index contributed by atoms with van der Waals surface area (Å²) in [7, 11) is 0. The molecular weight excluding hydrogens is 226 g/mol. The number of hydrogen-bond donors (Lipinski definition) is 2. The van der Waals surface area contributed by atoms with Gasteiger partial charge in [0.1, 0.15) is 0 Å². The topological polar surface area (TPSA) is 81.5 Å². The van der Waals surface area contributed by atoms with Gasteiger partial charge in [-0.2, -0.15) is 0 Å². The van der Waals surface area contributed by atoms with E-state index in [0.29, 0.717) is 16.9 Å². The maximum atomic E-state index is 11.2. The van der Waals surface area contributed by atoms with Crippen molar-refractivity contribution in [2.75, 3.05) is 5.73 Å². The molecule has 0 aliphatic rings. The molecule has 2 aromatic rings. The second-order valence-electron chi connectivity index (χ2n) is 3.77. The fraction of sp³-hybridized carbons (Fsp3) is 0. The Morgan fingerprint density at radius 3 is 2.44 bits per heavy atom. The largest absolute Gasteiger partial charge is 0.398 e. The third-order valence-corrected chi connectivity index (χ3v) is 2.51. The van der Waals surface area contributed by atoms with Crippen LogP contribution in [0.2, 0.25) is 0 Å². The molecule has 90 valence electrons. The van der Waals surface area contributed by atoms with E-state index in [2.05, 4.69) is 4.99 Å². The van der Waals surface area contributed by atoms with Crippen LogP contribution in [-0.4, -0.2) is 12.1 Å². The SMILES string of the molecule is NC(=O)c1ccccc1N=Cc1ccccc1N. The predicted molar refractivity (Wildman–Crippen MR) is 73.1 cm³/mol. The monoisotopic (exact) mass is 239 g/mol. The lowest BCUT2D eigenvalue weighted by Crippen LogP contribution is -2.10. The Hall–Kier alpha value is -2.62. The van der Waals surface area contributed by atoms with E-state index in [-0.39, 0.29) is 0 Å². The van der Waals surface area contributed by atoms with Gasteiger partial charge in [-0.05, 0) is 18.2 Å². The highest BCUT2D eigenvalue weighted by Crippen LogP contribution is 2.18. The number of amides is 1. The number of carbonyl (C=O) groups is 1. The van der Waals surface area contributed by atoms with Gasteiger partial charge in [0.15, 0.2) is 0 Å². The quantitative estimate of drug-likeness (QED) is 0.635. The molecule has 4 N–H and O–H groups in total. The van der Waals surface area contributed by atoms with Crippen molar-refractivity contribution < 1.29 is 4.79 Å². The Morgan fingerprint density at radius 1 is 1.06 bits per heavy atom. The van der Waals surface area contributed by atoms with Gasteiger partial charge < -0.3 is 11.5 Å². The fourth-order valence-corrected chi connectivity index (χ4v) is 1.56. The summed E-state index contributed by atoms with van der Waals surface area (Å²) in [5.41, 5.74) is 13.4. The van der Waals surface area contributed by atoms with Crippen molar-refractivity contribution >= 4 is 23.5 Å². The van der Waals surface area contributed by atoms with Crippen LogP contribution in [-0.2, 0) is 0 Å². The summed E-state index contributed by atoms with van der Waals surface area (Å²) in [4.78, 5) is 15.5. The van der Waals surface area contributed by atoms with Gasteiger partial charge in [0, 0.05) is 17.5 Å². The van der Waals surface area contributed by atoms with Gasteiger partial charge in [-0.1, -0.05) is 30.3 Å². The lowest BCUT2D eigenvalue weighted by molar-refractivity contribution is 0.100. The second-order valence-corrected chi connectivity index (χ2v) is 3.77. The number of carbonyl (C=O) groups excluding carboxylic acids is 1. The summed E-state index contributed by atoms with van der Waals surface area (Å²) in [6.45, 7) is 0. The highest BCUT2D eigenvalue weighted by molar-refractivity contribution is 5.99. The van der Waals surface area contributed by atoms with Crippen LogP contribution in [0.5, 0.6) is 0 Å². The molecule has 0 heterocycles. The number of nitrogens with two attached hydrogens (primary N) is 2. The molecule has 2 aromatic carbocycles. The highest BCUT2D eigenvalue weighted by Gasteiger charge is 2.05. The molecule has 0 spiro atoms. The average molecular weight is 239 g/mol. The second kappa shape index (κ2) is 5.14. The number of rotatable bonds is 3. The van der Waals surface area contributed by atoms with E-state index in [4.69, 9.17) is 11.5 Å². The van der Waals surface area contributed by atoms with E-state index < -0.39 is 5.91 Å². The van der Waals surface area contributed by atoms with E-state index in [1.165, 1.54) is 0 Å². The van der Waals surface area contributed by atoms with Gasteiger partial charge in [0.05, 0.1) is 11.3 Å². The first kappa shape index (κ1) is 11.9. The number of hydrogen-bond acceptors (Lipinski definition) is 3. The summed E-state index contributed by atoms with van der Waals surface area (Å²) >= 11 is 0. The van der Waals surface area contributed by atoms with Gasteiger partial charge in [0.2, 0.25) is 0 Å². The molecular formula is C14H13N3O. The molecule has 1 amide bonds. The molecule has 0 aliphatic carbocycles. The molecule has 2 rings (SSSR count). The number of benzene rings is 2. The minimum Gasteiger partial charge on any atom is -0.398 e. The zero-order valence-corrected chi connectivity index (χ0v) is 9.71. The van der Waals surface area contributed by atoms with E-state index in [1.54, 1.807) is 36.5 Å². The van der Waals surface area contributed by atoms with Crippen molar-refractivity contribution in [3.63, 3.8) is 0 Å². The normalized spacial score (nSPS) is 10.7. The van der Waals surface area contributed by atoms with Crippen LogP contribution in [0.15, 0.2) is 53.5 Å². The van der Waals surface area contributed by atoms with Crippen LogP contribution in [0.1, 0.15) is 15.9 Å². The zero-order valence-electron chi connectivity index (χ0n) is 9.71. The zero-order chi connectivity index (χ0) is 13.0. The van der Waals surface area contributed by atoms with E-state index >= 15 is 0 Å². The first-order valence-electron chi connectivity index (χ1n) is 5.46. The Morgan fingerprint density at radius 2 is 1.72 bits per heavy atom. The van der Waals surface area contributed by atoms with E-state index in [9.17, 15) is 4.79 Å². The minimum atomic E-state index is -0.496. The van der Waals surface area contributed by atoms with Crippen LogP contribution >= 0.6 is 0 Å². The molecule has 0 unspecified atom stereocenters. The van der Waals surface area contributed by atoms with Crippen molar-refractivity contribution in [1.29, 1.82) is 0 Å². The number of primary amides is 1. The predicted octanol–water partition coefficient (Wildman–Crippen LogP) is 2.12. The van der Waals surface area contributed by atoms with E-state index in [0.717, 1.165) is 5.56 Å². The molecule has 0 fully saturated rings. The van der Waals surface area contributed by atoms with Gasteiger partial charge in [-0.15, -0.1) is 0 Å². The van der Waals surface area contributed by atoms with Crippen LogP contribution in [0.4, 0.5) is 11.4 Å². The van der Waals surface area contributed by atoms with Gasteiger partial charge >= 0.3 is 0 Å². The standard InChI is InChI=1S/C14H13N3O/c15-12-7-3-1-5-10(12)9-17-13-8-4-2-6-11(13)14(16)18/h1-9H,15H2,(H2,16,18). The van der Waals surface area contributed by atoms with Crippen molar-refractivity contribution in [2.24, 2.45) is 10.7 Å². The number of aliphatic imine (C=N–C) groups is 1. The Labute approximate surface area is 105 Å². The maximum Gasteiger partial charge on any atom is 0.250 e. The summed E-state index contributed by atoms with van der Waals surface area (Å²) in [5, 5.41) is 0. The summed E-state index contributed by atoms with van der Waals surface area (Å²) in [6.07, 6.45) is 1.62. The van der Waals surface area contributed by atoms with Gasteiger partial charge in [0.25, 0.3) is 5.91 Å². The van der Waals surface area contributed by atoms with Crippen LogP contribution in [0, 0.1) is 0 Å². The Kier molecular flexibility index (Phi) is 3.38. The first-order valence-corrected chi connectivity index (χ1v) is 5.46. The Balaban J connectivity index is 2.35. The molecule has 0 bridgehead atoms. The summed E-state index contributed by atoms with van der Waals surface area (Å²) in [6, 6.07) is 14.3. The van der Waals surface area contributed by atoms with E-state index in [1.807, 2.05) is 18.2 Å². The third-order valence-electron chi connectivity index (χ3n) is 2.51. The fourth-order valence-electron chi connectivity index (χ4n) is 1.56. The van der Waals surface area contributed by atoms with Crippen molar-refractivity contribution in [3.05, 3.63) is 59.7 Å². The van der Waals surface area contributed by atoms with Crippen LogP contribution in [0.25, 0.3) is 0 Å². The molecule has 0 saturated carbocycles. The van der Waals surface area contributed by atoms with Gasteiger partial charge in [-0.25, -0.2) is 0 Å². The first-order chi connectivity index (χ1) is 8.68. The lowest BCUT2D eigenvalue weighted by Gasteiger charge is -2.01. The molecule has 4 nitrogen and oxygen atoms in total. The van der Waals surface area contributed by atoms with Crippen molar-refractivity contribution in [2.45, 2.75) is 0 Å². The maximum absolute atomic E-state index is 11.2. The third kappa shape index (κ3) is 2.55. The van der Waals surface area contributed by atoms with Crippen LogP contribution < -0.4 is 11.5 Å². The average Bonchev–Trinajstić information content (AvgIpc) is 2.38. The highest BCUT2D eigenvalue weighted by atomic mass is 16.1. The van der Waals surface area contributed by atoms with Crippen LogP contribution in [0.3, 0.4) is 0 Å². The Bertz CT molecular complexity index is 605. The van der Waals surface area contributed by atoms with Gasteiger partial charge in [-0.3, -0.25) is 9.79 Å². The summed E-state index contributed by atoms with van der Waals surface area (Å²) < 4.78 is 0. The molecule has 0 aliphatic heterocycles. The molecule has 0 saturated heterocycles. The molecule has 18 heavy (non-hydrogen) atoms. The summed E-state index contributed by atoms with van der Waals surface area (Å²) in [5.74, 6) is -0.496. The molecule has 4 heteroatoms. The number of anilines is 1. The smallest absolute Gasteiger partial charge is 0.250 e. The number of para-hydroxylation sites is 2. The lowest BCUT2D eigenvalue weighted by atomic mass is 10.1. The number of nitrogens with zero attached hydrogens (tertiary/aromatic N) is 1. The van der Waals surface area contributed by atoms with Crippen molar-refractivity contribution in [1.82, 2.24) is 0 Å². The molecule has 0 aromatic heterocycles. The molecule has 0 atom stereocenters. The number of nitrogen functional groups attached to an aromatic ring is 1.